The Labute approximate surface area is 163 Å². The minimum atomic E-state index is -0.566. The van der Waals surface area contributed by atoms with E-state index < -0.39 is 5.91 Å². The van der Waals surface area contributed by atoms with Crippen LogP contribution in [0.15, 0.2) is 51.1 Å². The summed E-state index contributed by atoms with van der Waals surface area (Å²) in [7, 11) is 1.71. The molecule has 2 aromatic carbocycles. The Hall–Kier alpha value is -2.38. The normalized spacial score (nSPS) is 11.4. The molecular formula is C18H15BrClN3O3. The third kappa shape index (κ3) is 3.73. The zero-order valence-corrected chi connectivity index (χ0v) is 16.4. The fraction of sp³-hybridized carbons (Fsp3) is 0.167. The highest BCUT2D eigenvalue weighted by atomic mass is 79.9. The second-order valence-corrected chi connectivity index (χ2v) is 7.01. The third-order valence-electron chi connectivity index (χ3n) is 3.86. The number of rotatable bonds is 4. The second kappa shape index (κ2) is 7.47. The minimum absolute atomic E-state index is 0.0658. The summed E-state index contributed by atoms with van der Waals surface area (Å²) >= 11 is 9.33. The number of aromatic nitrogens is 1. The number of amides is 1. The molecule has 0 bridgehead atoms. The molecule has 0 spiro atoms. The van der Waals surface area contributed by atoms with Gasteiger partial charge in [-0.2, -0.15) is 0 Å². The first-order valence-corrected chi connectivity index (χ1v) is 8.84. The van der Waals surface area contributed by atoms with E-state index in [0.29, 0.717) is 16.2 Å². The van der Waals surface area contributed by atoms with E-state index >= 15 is 0 Å². The van der Waals surface area contributed by atoms with E-state index in [1.807, 2.05) is 19.1 Å². The average Bonchev–Trinajstić information content (AvgIpc) is 2.84. The molecule has 8 heteroatoms. The molecule has 26 heavy (non-hydrogen) atoms. The number of azo groups is 1. The zero-order valence-electron chi connectivity index (χ0n) is 14.0. The summed E-state index contributed by atoms with van der Waals surface area (Å²) in [6, 6.07) is 10.6. The van der Waals surface area contributed by atoms with Crippen molar-refractivity contribution >= 4 is 50.0 Å². The van der Waals surface area contributed by atoms with E-state index in [2.05, 4.69) is 26.2 Å². The lowest BCUT2D eigenvalue weighted by Crippen LogP contribution is -2.07. The van der Waals surface area contributed by atoms with Gasteiger partial charge in [-0.3, -0.25) is 4.79 Å². The van der Waals surface area contributed by atoms with Gasteiger partial charge in [-0.15, -0.1) is 10.2 Å². The number of aromatic hydroxyl groups is 1. The maximum atomic E-state index is 12.0. The monoisotopic (exact) mass is 435 g/mol. The fourth-order valence-corrected chi connectivity index (χ4v) is 2.95. The Kier molecular flexibility index (Phi) is 5.29. The van der Waals surface area contributed by atoms with E-state index in [4.69, 9.17) is 16.3 Å². The van der Waals surface area contributed by atoms with Crippen LogP contribution in [0.4, 0.5) is 5.69 Å². The minimum Gasteiger partial charge on any atom is -0.493 e. The molecule has 1 aromatic heterocycles. The molecule has 1 N–H and O–H groups in total. The van der Waals surface area contributed by atoms with Crippen molar-refractivity contribution in [1.82, 2.24) is 4.57 Å². The van der Waals surface area contributed by atoms with Gasteiger partial charge < -0.3 is 14.4 Å². The van der Waals surface area contributed by atoms with Crippen molar-refractivity contribution < 1.29 is 14.6 Å². The third-order valence-corrected chi connectivity index (χ3v) is 4.78. The summed E-state index contributed by atoms with van der Waals surface area (Å²) in [6.45, 7) is 1.58. The van der Waals surface area contributed by atoms with Crippen molar-refractivity contribution in [3.05, 3.63) is 51.5 Å². The van der Waals surface area contributed by atoms with Crippen LogP contribution in [0, 0.1) is 6.92 Å². The van der Waals surface area contributed by atoms with Crippen LogP contribution in [-0.2, 0) is 11.8 Å². The van der Waals surface area contributed by atoms with Crippen LogP contribution in [0.2, 0.25) is 5.02 Å². The second-order valence-electron chi connectivity index (χ2n) is 5.69. The van der Waals surface area contributed by atoms with Crippen molar-refractivity contribution in [2.24, 2.45) is 17.3 Å². The highest BCUT2D eigenvalue weighted by Crippen LogP contribution is 2.39. The maximum absolute atomic E-state index is 12.0. The van der Waals surface area contributed by atoms with E-state index in [1.165, 1.54) is 0 Å². The van der Waals surface area contributed by atoms with Gasteiger partial charge in [0.15, 0.2) is 12.3 Å². The number of nitrogens with zero attached hydrogens (tertiary/aromatic N) is 3. The van der Waals surface area contributed by atoms with Crippen molar-refractivity contribution in [3.8, 4) is 11.6 Å². The molecule has 1 heterocycles. The number of hydrogen-bond donors (Lipinski definition) is 1. The first kappa shape index (κ1) is 18.4. The molecule has 134 valence electrons. The number of carbonyl (C=O) groups is 1. The quantitative estimate of drug-likeness (QED) is 0.564. The molecule has 0 aliphatic rings. The summed E-state index contributed by atoms with van der Waals surface area (Å²) in [6.07, 6.45) is 0. The van der Waals surface area contributed by atoms with Gasteiger partial charge in [0.05, 0.1) is 5.52 Å². The number of benzene rings is 2. The van der Waals surface area contributed by atoms with Gasteiger partial charge in [-0.1, -0.05) is 27.5 Å². The Morgan fingerprint density at radius 3 is 2.81 bits per heavy atom. The number of hydrogen-bond acceptors (Lipinski definition) is 4. The van der Waals surface area contributed by atoms with Gasteiger partial charge >= 0.3 is 5.91 Å². The van der Waals surface area contributed by atoms with Crippen molar-refractivity contribution in [2.75, 3.05) is 6.61 Å². The summed E-state index contributed by atoms with van der Waals surface area (Å²) < 4.78 is 7.81. The predicted molar refractivity (Wildman–Crippen MR) is 103 cm³/mol. The Morgan fingerprint density at radius 1 is 1.31 bits per heavy atom. The largest absolute Gasteiger partial charge is 0.493 e. The molecule has 0 aliphatic heterocycles. The Balaban J connectivity index is 1.76. The van der Waals surface area contributed by atoms with Gasteiger partial charge in [0.25, 0.3) is 0 Å². The van der Waals surface area contributed by atoms with Crippen LogP contribution in [0.25, 0.3) is 10.9 Å². The summed E-state index contributed by atoms with van der Waals surface area (Å²) in [4.78, 5) is 12.0. The lowest BCUT2D eigenvalue weighted by molar-refractivity contribution is -0.120. The number of fused-ring (bicyclic) bond motifs is 1. The maximum Gasteiger partial charge on any atom is 0.302 e. The van der Waals surface area contributed by atoms with E-state index in [9.17, 15) is 9.90 Å². The molecule has 3 aromatic rings. The fourth-order valence-electron chi connectivity index (χ4n) is 2.47. The summed E-state index contributed by atoms with van der Waals surface area (Å²) in [5.74, 6) is -0.111. The molecule has 6 nitrogen and oxygen atoms in total. The van der Waals surface area contributed by atoms with Gasteiger partial charge in [-0.05, 0) is 48.9 Å². The molecule has 0 atom stereocenters. The van der Waals surface area contributed by atoms with Crippen LogP contribution in [0.3, 0.4) is 0 Å². The molecule has 3 rings (SSSR count). The van der Waals surface area contributed by atoms with Crippen LogP contribution in [0.1, 0.15) is 5.56 Å². The van der Waals surface area contributed by atoms with Crippen LogP contribution in [0.5, 0.6) is 11.6 Å². The van der Waals surface area contributed by atoms with Gasteiger partial charge in [-0.25, -0.2) is 0 Å². The summed E-state index contributed by atoms with van der Waals surface area (Å²) in [5.41, 5.74) is 1.86. The number of carbonyl (C=O) groups excluding carboxylic acids is 1. The lowest BCUT2D eigenvalue weighted by atomic mass is 10.2. The first-order valence-electron chi connectivity index (χ1n) is 7.67. The molecule has 0 saturated heterocycles. The highest BCUT2D eigenvalue weighted by Gasteiger charge is 2.15. The van der Waals surface area contributed by atoms with Crippen molar-refractivity contribution in [3.63, 3.8) is 0 Å². The zero-order chi connectivity index (χ0) is 18.8. The van der Waals surface area contributed by atoms with Crippen LogP contribution >= 0.6 is 27.5 Å². The van der Waals surface area contributed by atoms with Crippen LogP contribution < -0.4 is 4.74 Å². The topological polar surface area (TPSA) is 76.2 Å². The molecule has 0 saturated carbocycles. The van der Waals surface area contributed by atoms with E-state index in [0.717, 1.165) is 15.6 Å². The standard InChI is InChI=1S/C18H15BrClN3O3/c1-10-7-12(4-5-14(10)20)26-9-16(24)21-22-17-13-8-11(19)3-6-15(13)23(2)18(17)25/h3-8,25H,9H2,1-2H3. The Bertz CT molecular complexity index is 1030. The number of aryl methyl sites for hydroxylation is 2. The number of ether oxygens (including phenoxy) is 1. The molecule has 1 amide bonds. The van der Waals surface area contributed by atoms with E-state index in [1.54, 1.807) is 35.9 Å². The van der Waals surface area contributed by atoms with Crippen molar-refractivity contribution in [2.45, 2.75) is 6.92 Å². The molecular weight excluding hydrogens is 422 g/mol. The SMILES string of the molecule is Cc1cc(OCC(=O)N=Nc2c(O)n(C)c3ccc(Br)cc23)ccc1Cl. The van der Waals surface area contributed by atoms with E-state index in [-0.39, 0.29) is 18.2 Å². The Morgan fingerprint density at radius 2 is 2.08 bits per heavy atom. The number of halogens is 2. The molecule has 0 fully saturated rings. The predicted octanol–water partition coefficient (Wildman–Crippen LogP) is 5.30. The van der Waals surface area contributed by atoms with Crippen LogP contribution in [-0.4, -0.2) is 22.2 Å². The van der Waals surface area contributed by atoms with Gasteiger partial charge in [0, 0.05) is 21.9 Å². The molecule has 0 radical (unpaired) electrons. The van der Waals surface area contributed by atoms with Gasteiger partial charge in [0.2, 0.25) is 5.88 Å². The summed E-state index contributed by atoms with van der Waals surface area (Å²) in [5, 5.41) is 19.1. The van der Waals surface area contributed by atoms with Gasteiger partial charge in [0.1, 0.15) is 5.75 Å². The average molecular weight is 437 g/mol. The smallest absolute Gasteiger partial charge is 0.302 e. The first-order chi connectivity index (χ1) is 12.4. The molecule has 0 unspecified atom stereocenters. The highest BCUT2D eigenvalue weighted by molar-refractivity contribution is 9.10. The lowest BCUT2D eigenvalue weighted by Gasteiger charge is -2.05. The molecule has 0 aliphatic carbocycles. The van der Waals surface area contributed by atoms with Crippen molar-refractivity contribution in [1.29, 1.82) is 0 Å².